The summed E-state index contributed by atoms with van der Waals surface area (Å²) in [5.41, 5.74) is 0.370. The molecule has 1 atom stereocenters. The highest BCUT2D eigenvalue weighted by molar-refractivity contribution is 5.94. The molecule has 0 aliphatic carbocycles. The monoisotopic (exact) mass is 224 g/mol. The van der Waals surface area contributed by atoms with Gasteiger partial charge in [-0.05, 0) is 24.5 Å². The molecule has 88 valence electrons. The van der Waals surface area contributed by atoms with Gasteiger partial charge in [-0.3, -0.25) is 4.79 Å². The highest BCUT2D eigenvalue weighted by Gasteiger charge is 2.21. The van der Waals surface area contributed by atoms with Crippen LogP contribution >= 0.6 is 0 Å². The van der Waals surface area contributed by atoms with Crippen LogP contribution in [0.2, 0.25) is 0 Å². The Hall–Kier alpha value is -1.78. The van der Waals surface area contributed by atoms with Crippen molar-refractivity contribution in [3.05, 3.63) is 24.0 Å². The van der Waals surface area contributed by atoms with Gasteiger partial charge in [0.15, 0.2) is 0 Å². The molecule has 16 heavy (non-hydrogen) atoms. The lowest BCUT2D eigenvalue weighted by Crippen LogP contribution is -2.41. The predicted molar refractivity (Wildman–Crippen MR) is 59.1 cm³/mol. The van der Waals surface area contributed by atoms with Crippen LogP contribution in [0.5, 0.6) is 0 Å². The predicted octanol–water partition coefficient (Wildman–Crippen LogP) is 1.24. The molecule has 0 aliphatic heterocycles. The summed E-state index contributed by atoms with van der Waals surface area (Å²) in [7, 11) is 0. The Morgan fingerprint density at radius 2 is 2.19 bits per heavy atom. The van der Waals surface area contributed by atoms with Crippen LogP contribution < -0.4 is 5.32 Å². The second-order valence-corrected chi connectivity index (χ2v) is 4.08. The largest absolute Gasteiger partial charge is 0.480 e. The molecule has 0 aromatic carbocycles. The van der Waals surface area contributed by atoms with Crippen LogP contribution in [0.15, 0.2) is 18.3 Å². The number of aromatic amines is 1. The number of nitrogens with one attached hydrogen (secondary N) is 2. The van der Waals surface area contributed by atoms with Gasteiger partial charge in [-0.15, -0.1) is 0 Å². The smallest absolute Gasteiger partial charge is 0.326 e. The lowest BCUT2D eigenvalue weighted by atomic mass is 10.0. The van der Waals surface area contributed by atoms with Crippen LogP contribution in [-0.2, 0) is 4.79 Å². The zero-order valence-corrected chi connectivity index (χ0v) is 9.36. The molecule has 1 amide bonds. The van der Waals surface area contributed by atoms with E-state index in [2.05, 4.69) is 10.3 Å². The Morgan fingerprint density at radius 1 is 1.50 bits per heavy atom. The van der Waals surface area contributed by atoms with E-state index in [0.29, 0.717) is 12.1 Å². The van der Waals surface area contributed by atoms with Gasteiger partial charge in [-0.2, -0.15) is 0 Å². The number of carbonyl (C=O) groups excluding carboxylic acids is 1. The maximum absolute atomic E-state index is 11.6. The summed E-state index contributed by atoms with van der Waals surface area (Å²) in [6.07, 6.45) is 2.04. The Morgan fingerprint density at radius 3 is 2.62 bits per heavy atom. The van der Waals surface area contributed by atoms with Gasteiger partial charge in [0.25, 0.3) is 5.91 Å². The van der Waals surface area contributed by atoms with Gasteiger partial charge >= 0.3 is 5.97 Å². The molecule has 0 saturated heterocycles. The van der Waals surface area contributed by atoms with Crippen LogP contribution in [0.25, 0.3) is 0 Å². The number of carbonyl (C=O) groups is 2. The molecule has 3 N–H and O–H groups in total. The van der Waals surface area contributed by atoms with E-state index in [1.54, 1.807) is 18.3 Å². The first-order valence-electron chi connectivity index (χ1n) is 5.17. The third-order valence-corrected chi connectivity index (χ3v) is 2.15. The molecule has 1 heterocycles. The lowest BCUT2D eigenvalue weighted by molar-refractivity contribution is -0.139. The summed E-state index contributed by atoms with van der Waals surface area (Å²) in [5.74, 6) is -1.18. The van der Waals surface area contributed by atoms with Crippen LogP contribution in [-0.4, -0.2) is 28.0 Å². The molecule has 5 nitrogen and oxygen atoms in total. The molecule has 1 aromatic rings. The van der Waals surface area contributed by atoms with E-state index >= 15 is 0 Å². The topological polar surface area (TPSA) is 82.2 Å². The number of carboxylic acids is 1. The first-order chi connectivity index (χ1) is 7.50. The zero-order valence-electron chi connectivity index (χ0n) is 9.36. The summed E-state index contributed by atoms with van der Waals surface area (Å²) in [6.45, 7) is 3.83. The quantitative estimate of drug-likeness (QED) is 0.703. The minimum absolute atomic E-state index is 0.213. The van der Waals surface area contributed by atoms with Crippen molar-refractivity contribution in [2.24, 2.45) is 5.92 Å². The zero-order chi connectivity index (χ0) is 12.1. The maximum Gasteiger partial charge on any atom is 0.326 e. The van der Waals surface area contributed by atoms with E-state index in [-0.39, 0.29) is 5.92 Å². The van der Waals surface area contributed by atoms with Crippen molar-refractivity contribution in [3.63, 3.8) is 0 Å². The fraction of sp³-hybridized carbons (Fsp3) is 0.455. The Kier molecular flexibility index (Phi) is 4.10. The van der Waals surface area contributed by atoms with E-state index in [1.165, 1.54) is 0 Å². The van der Waals surface area contributed by atoms with Crippen molar-refractivity contribution in [1.82, 2.24) is 10.3 Å². The van der Waals surface area contributed by atoms with Crippen molar-refractivity contribution in [2.75, 3.05) is 0 Å². The van der Waals surface area contributed by atoms with Gasteiger partial charge < -0.3 is 15.4 Å². The van der Waals surface area contributed by atoms with Crippen LogP contribution in [0.3, 0.4) is 0 Å². The molecule has 0 bridgehead atoms. The number of H-pyrrole nitrogens is 1. The maximum atomic E-state index is 11.6. The number of hydrogen-bond donors (Lipinski definition) is 3. The third-order valence-electron chi connectivity index (χ3n) is 2.15. The number of carboxylic acid groups (broad SMARTS) is 1. The number of amides is 1. The first-order valence-corrected chi connectivity index (χ1v) is 5.17. The second-order valence-electron chi connectivity index (χ2n) is 4.08. The number of hydrogen-bond acceptors (Lipinski definition) is 2. The number of rotatable bonds is 5. The van der Waals surface area contributed by atoms with E-state index in [0.717, 1.165) is 0 Å². The SMILES string of the molecule is CC(C)CC(NC(=O)c1ccc[nH]1)C(=O)O. The summed E-state index contributed by atoms with van der Waals surface area (Å²) < 4.78 is 0. The van der Waals surface area contributed by atoms with E-state index < -0.39 is 17.9 Å². The van der Waals surface area contributed by atoms with Crippen molar-refractivity contribution in [2.45, 2.75) is 26.3 Å². The van der Waals surface area contributed by atoms with Gasteiger partial charge in [-0.1, -0.05) is 13.8 Å². The first kappa shape index (κ1) is 12.3. The Bertz CT molecular complexity index is 357. The number of aliphatic carboxylic acids is 1. The average Bonchev–Trinajstić information content (AvgIpc) is 2.68. The average molecular weight is 224 g/mol. The highest BCUT2D eigenvalue weighted by atomic mass is 16.4. The van der Waals surface area contributed by atoms with Crippen LogP contribution in [0.1, 0.15) is 30.8 Å². The van der Waals surface area contributed by atoms with Gasteiger partial charge in [0.2, 0.25) is 0 Å². The molecule has 0 radical (unpaired) electrons. The van der Waals surface area contributed by atoms with Crippen molar-refractivity contribution < 1.29 is 14.7 Å². The molecule has 1 rings (SSSR count). The van der Waals surface area contributed by atoms with Gasteiger partial charge in [0.05, 0.1) is 0 Å². The van der Waals surface area contributed by atoms with Crippen LogP contribution in [0.4, 0.5) is 0 Å². The van der Waals surface area contributed by atoms with Gasteiger partial charge in [-0.25, -0.2) is 4.79 Å². The fourth-order valence-corrected chi connectivity index (χ4v) is 1.40. The summed E-state index contributed by atoms with van der Waals surface area (Å²) >= 11 is 0. The second kappa shape index (κ2) is 5.34. The third kappa shape index (κ3) is 3.42. The lowest BCUT2D eigenvalue weighted by Gasteiger charge is -2.15. The fourth-order valence-electron chi connectivity index (χ4n) is 1.40. The molecule has 0 aliphatic rings. The van der Waals surface area contributed by atoms with Crippen molar-refractivity contribution in [3.8, 4) is 0 Å². The summed E-state index contributed by atoms with van der Waals surface area (Å²) in [4.78, 5) is 25.2. The minimum Gasteiger partial charge on any atom is -0.480 e. The Balaban J connectivity index is 2.62. The van der Waals surface area contributed by atoms with E-state index in [9.17, 15) is 9.59 Å². The molecular weight excluding hydrogens is 208 g/mol. The number of aromatic nitrogens is 1. The summed E-state index contributed by atoms with van der Waals surface area (Å²) in [6, 6.07) is 2.45. The highest BCUT2D eigenvalue weighted by Crippen LogP contribution is 2.06. The minimum atomic E-state index is -1.01. The normalized spacial score (nSPS) is 12.4. The van der Waals surface area contributed by atoms with Gasteiger partial charge in [0.1, 0.15) is 11.7 Å². The standard InChI is InChI=1S/C11H16N2O3/c1-7(2)6-9(11(15)16)13-10(14)8-4-3-5-12-8/h3-5,7,9,12H,6H2,1-2H3,(H,13,14)(H,15,16). The van der Waals surface area contributed by atoms with Crippen LogP contribution in [0, 0.1) is 5.92 Å². The van der Waals surface area contributed by atoms with Gasteiger partial charge in [0, 0.05) is 6.20 Å². The van der Waals surface area contributed by atoms with E-state index in [1.807, 2.05) is 13.8 Å². The summed E-state index contributed by atoms with van der Waals surface area (Å²) in [5, 5.41) is 11.4. The molecule has 5 heteroatoms. The molecular formula is C11H16N2O3. The molecule has 0 fully saturated rings. The van der Waals surface area contributed by atoms with Crippen molar-refractivity contribution >= 4 is 11.9 Å². The molecule has 0 saturated carbocycles. The Labute approximate surface area is 93.9 Å². The van der Waals surface area contributed by atoms with Crippen molar-refractivity contribution in [1.29, 1.82) is 0 Å². The molecule has 0 spiro atoms. The molecule has 1 unspecified atom stereocenters. The molecule has 1 aromatic heterocycles. The van der Waals surface area contributed by atoms with E-state index in [4.69, 9.17) is 5.11 Å².